The highest BCUT2D eigenvalue weighted by molar-refractivity contribution is 5.03. The van der Waals surface area contributed by atoms with Crippen LogP contribution in [0.25, 0.3) is 0 Å². The van der Waals surface area contributed by atoms with Gasteiger partial charge in [0.2, 0.25) is 0 Å². The standard InChI is InChI=1S/C11H20N4/c1-10(2)9(4-5-11(10,3)12)8-15-13-6-7-14-15/h6-7,9H,4-5,8,12H2,1-3H3. The van der Waals surface area contributed by atoms with Crippen molar-refractivity contribution in [1.29, 1.82) is 0 Å². The Morgan fingerprint density at radius 1 is 1.33 bits per heavy atom. The Hall–Kier alpha value is -0.900. The zero-order valence-corrected chi connectivity index (χ0v) is 9.77. The molecule has 1 aromatic heterocycles. The maximum absolute atomic E-state index is 6.32. The zero-order valence-electron chi connectivity index (χ0n) is 9.77. The average Bonchev–Trinajstić information content (AvgIpc) is 2.69. The molecule has 0 saturated heterocycles. The molecule has 1 heterocycles. The first kappa shape index (κ1) is 10.6. The molecule has 2 atom stereocenters. The van der Waals surface area contributed by atoms with E-state index in [1.807, 2.05) is 0 Å². The van der Waals surface area contributed by atoms with Crippen molar-refractivity contribution in [3.63, 3.8) is 0 Å². The van der Waals surface area contributed by atoms with Crippen LogP contribution in [0.2, 0.25) is 0 Å². The van der Waals surface area contributed by atoms with Crippen molar-refractivity contribution in [2.45, 2.75) is 45.7 Å². The molecule has 15 heavy (non-hydrogen) atoms. The fraction of sp³-hybridized carbons (Fsp3) is 0.818. The molecule has 4 nitrogen and oxygen atoms in total. The molecule has 1 aliphatic carbocycles. The highest BCUT2D eigenvalue weighted by atomic mass is 15.5. The third kappa shape index (κ3) is 1.67. The maximum Gasteiger partial charge on any atom is 0.0693 e. The van der Waals surface area contributed by atoms with E-state index in [2.05, 4.69) is 31.0 Å². The van der Waals surface area contributed by atoms with Gasteiger partial charge in [-0.1, -0.05) is 13.8 Å². The third-order valence-corrected chi connectivity index (χ3v) is 4.35. The molecular weight excluding hydrogens is 188 g/mol. The van der Waals surface area contributed by atoms with E-state index in [9.17, 15) is 0 Å². The predicted octanol–water partition coefficient (Wildman–Crippen LogP) is 1.43. The number of nitrogens with two attached hydrogens (primary N) is 1. The summed E-state index contributed by atoms with van der Waals surface area (Å²) < 4.78 is 0. The van der Waals surface area contributed by atoms with Crippen molar-refractivity contribution >= 4 is 0 Å². The molecule has 0 bridgehead atoms. The average molecular weight is 208 g/mol. The second-order valence-corrected chi connectivity index (χ2v) is 5.46. The summed E-state index contributed by atoms with van der Waals surface area (Å²) in [7, 11) is 0. The lowest BCUT2D eigenvalue weighted by Crippen LogP contribution is -2.48. The van der Waals surface area contributed by atoms with Gasteiger partial charge in [0.25, 0.3) is 0 Å². The lowest BCUT2D eigenvalue weighted by Gasteiger charge is -2.38. The monoisotopic (exact) mass is 208 g/mol. The molecule has 1 aliphatic rings. The first-order valence-corrected chi connectivity index (χ1v) is 5.56. The van der Waals surface area contributed by atoms with Gasteiger partial charge in [0.05, 0.1) is 18.9 Å². The second kappa shape index (κ2) is 3.30. The van der Waals surface area contributed by atoms with Crippen molar-refractivity contribution in [2.75, 3.05) is 0 Å². The molecule has 1 fully saturated rings. The van der Waals surface area contributed by atoms with Crippen molar-refractivity contribution in [3.05, 3.63) is 12.4 Å². The minimum atomic E-state index is -0.0647. The molecule has 1 aromatic rings. The maximum atomic E-state index is 6.32. The normalized spacial score (nSPS) is 34.5. The molecule has 0 radical (unpaired) electrons. The van der Waals surface area contributed by atoms with Crippen molar-refractivity contribution < 1.29 is 0 Å². The number of hydrogen-bond donors (Lipinski definition) is 1. The minimum Gasteiger partial charge on any atom is -0.325 e. The summed E-state index contributed by atoms with van der Waals surface area (Å²) >= 11 is 0. The van der Waals surface area contributed by atoms with Gasteiger partial charge in [0.1, 0.15) is 0 Å². The fourth-order valence-electron chi connectivity index (χ4n) is 2.48. The van der Waals surface area contributed by atoms with Crippen molar-refractivity contribution in [1.82, 2.24) is 15.0 Å². The van der Waals surface area contributed by atoms with Crippen LogP contribution in [0.15, 0.2) is 12.4 Å². The molecule has 0 amide bonds. The van der Waals surface area contributed by atoms with Crippen LogP contribution in [-0.2, 0) is 6.54 Å². The van der Waals surface area contributed by atoms with Gasteiger partial charge < -0.3 is 5.73 Å². The van der Waals surface area contributed by atoms with E-state index < -0.39 is 0 Å². The first-order valence-electron chi connectivity index (χ1n) is 5.56. The number of hydrogen-bond acceptors (Lipinski definition) is 3. The molecule has 84 valence electrons. The number of rotatable bonds is 2. The second-order valence-electron chi connectivity index (χ2n) is 5.46. The summed E-state index contributed by atoms with van der Waals surface area (Å²) in [6.07, 6.45) is 5.71. The van der Waals surface area contributed by atoms with E-state index in [1.54, 1.807) is 17.2 Å². The molecule has 2 rings (SSSR count). The Balaban J connectivity index is 2.12. The lowest BCUT2D eigenvalue weighted by molar-refractivity contribution is 0.143. The van der Waals surface area contributed by atoms with Crippen LogP contribution in [0.5, 0.6) is 0 Å². The predicted molar refractivity (Wildman–Crippen MR) is 59.1 cm³/mol. The summed E-state index contributed by atoms with van der Waals surface area (Å²) in [4.78, 5) is 1.77. The summed E-state index contributed by atoms with van der Waals surface area (Å²) in [5, 5.41) is 8.32. The SMILES string of the molecule is CC1(N)CCC(Cn2nccn2)C1(C)C. The number of aromatic nitrogens is 3. The summed E-state index contributed by atoms with van der Waals surface area (Å²) in [6, 6.07) is 0. The molecule has 0 spiro atoms. The smallest absolute Gasteiger partial charge is 0.0693 e. The molecule has 0 aromatic carbocycles. The van der Waals surface area contributed by atoms with Gasteiger partial charge >= 0.3 is 0 Å². The zero-order chi connectivity index (χ0) is 11.1. The molecule has 2 N–H and O–H groups in total. The van der Waals surface area contributed by atoms with Gasteiger partial charge in [-0.2, -0.15) is 15.0 Å². The Morgan fingerprint density at radius 3 is 2.40 bits per heavy atom. The van der Waals surface area contributed by atoms with Gasteiger partial charge in [-0.3, -0.25) is 0 Å². The van der Waals surface area contributed by atoms with Gasteiger partial charge in [0.15, 0.2) is 0 Å². The van der Waals surface area contributed by atoms with Crippen LogP contribution in [0.4, 0.5) is 0 Å². The quantitative estimate of drug-likeness (QED) is 0.800. The lowest BCUT2D eigenvalue weighted by atomic mass is 9.72. The summed E-state index contributed by atoms with van der Waals surface area (Å²) in [6.45, 7) is 7.55. The van der Waals surface area contributed by atoms with Crippen molar-refractivity contribution in [3.8, 4) is 0 Å². The summed E-state index contributed by atoms with van der Waals surface area (Å²) in [5.74, 6) is 0.569. The van der Waals surface area contributed by atoms with Crippen LogP contribution in [0, 0.1) is 11.3 Å². The van der Waals surface area contributed by atoms with E-state index in [1.165, 1.54) is 6.42 Å². The largest absolute Gasteiger partial charge is 0.325 e. The Kier molecular flexibility index (Phi) is 2.34. The Morgan fingerprint density at radius 2 is 1.93 bits per heavy atom. The van der Waals surface area contributed by atoms with Gasteiger partial charge in [-0.25, -0.2) is 0 Å². The Labute approximate surface area is 90.8 Å². The van der Waals surface area contributed by atoms with Crippen LogP contribution >= 0.6 is 0 Å². The van der Waals surface area contributed by atoms with Crippen LogP contribution in [-0.4, -0.2) is 20.5 Å². The van der Waals surface area contributed by atoms with Crippen LogP contribution < -0.4 is 5.73 Å². The van der Waals surface area contributed by atoms with Crippen LogP contribution in [0.1, 0.15) is 33.6 Å². The van der Waals surface area contributed by atoms with Gasteiger partial charge in [-0.05, 0) is 31.1 Å². The first-order chi connectivity index (χ1) is 6.93. The van der Waals surface area contributed by atoms with E-state index in [0.717, 1.165) is 13.0 Å². The molecular formula is C11H20N4. The third-order valence-electron chi connectivity index (χ3n) is 4.35. The minimum absolute atomic E-state index is 0.0647. The van der Waals surface area contributed by atoms with Gasteiger partial charge in [-0.15, -0.1) is 0 Å². The Bertz CT molecular complexity index is 326. The fourth-order valence-corrected chi connectivity index (χ4v) is 2.48. The van der Waals surface area contributed by atoms with E-state index >= 15 is 0 Å². The highest BCUT2D eigenvalue weighted by Gasteiger charge is 2.49. The number of nitrogens with zero attached hydrogens (tertiary/aromatic N) is 3. The van der Waals surface area contributed by atoms with Crippen LogP contribution in [0.3, 0.4) is 0 Å². The van der Waals surface area contributed by atoms with Crippen molar-refractivity contribution in [2.24, 2.45) is 17.1 Å². The molecule has 1 saturated carbocycles. The molecule has 2 unspecified atom stereocenters. The van der Waals surface area contributed by atoms with E-state index in [4.69, 9.17) is 5.73 Å². The van der Waals surface area contributed by atoms with E-state index in [0.29, 0.717) is 5.92 Å². The van der Waals surface area contributed by atoms with Gasteiger partial charge in [0, 0.05) is 5.54 Å². The topological polar surface area (TPSA) is 56.7 Å². The van der Waals surface area contributed by atoms with E-state index in [-0.39, 0.29) is 11.0 Å². The molecule has 4 heteroatoms. The summed E-state index contributed by atoms with van der Waals surface area (Å²) in [5.41, 5.74) is 6.41. The molecule has 0 aliphatic heterocycles. The highest BCUT2D eigenvalue weighted by Crippen LogP contribution is 2.48.